The van der Waals surface area contributed by atoms with Crippen molar-refractivity contribution in [2.45, 2.75) is 142 Å². The molecular formula is C25H48O. The van der Waals surface area contributed by atoms with E-state index >= 15 is 0 Å². The van der Waals surface area contributed by atoms with Crippen molar-refractivity contribution in [2.24, 2.45) is 0 Å². The molecule has 0 aromatic carbocycles. The highest BCUT2D eigenvalue weighted by molar-refractivity contribution is 5.78. The van der Waals surface area contributed by atoms with Crippen LogP contribution in [0.4, 0.5) is 0 Å². The molecule has 0 atom stereocenters. The zero-order chi connectivity index (χ0) is 19.1. The minimum Gasteiger partial charge on any atom is -0.300 e. The molecule has 154 valence electrons. The summed E-state index contributed by atoms with van der Waals surface area (Å²) in [5.41, 5.74) is 0. The van der Waals surface area contributed by atoms with E-state index in [1.807, 2.05) is 0 Å². The molecular weight excluding hydrogens is 316 g/mol. The zero-order valence-corrected chi connectivity index (χ0v) is 18.2. The normalized spacial score (nSPS) is 11.5. The number of hydrogen-bond acceptors (Lipinski definition) is 1. The Labute approximate surface area is 165 Å². The molecule has 0 amide bonds. The van der Waals surface area contributed by atoms with Crippen LogP contribution in [0.3, 0.4) is 0 Å². The van der Waals surface area contributed by atoms with Crippen LogP contribution in [0.1, 0.15) is 142 Å². The van der Waals surface area contributed by atoms with Gasteiger partial charge in [0.05, 0.1) is 0 Å². The molecule has 0 N–H and O–H groups in total. The van der Waals surface area contributed by atoms with Gasteiger partial charge in [0.15, 0.2) is 0 Å². The molecule has 0 rings (SSSR count). The third kappa shape index (κ3) is 21.5. The SMILES string of the molecule is CCCCCCCCC=CCCCCCCCC(=O)CCCCCCC. The van der Waals surface area contributed by atoms with Gasteiger partial charge in [-0.3, -0.25) is 4.79 Å². The third-order valence-electron chi connectivity index (χ3n) is 5.28. The number of carbonyl (C=O) groups is 1. The van der Waals surface area contributed by atoms with Crippen molar-refractivity contribution in [3.8, 4) is 0 Å². The standard InChI is InChI=1S/C25H48O/c1-3-5-7-9-10-11-12-13-14-15-16-17-18-20-22-24-25(26)23-21-19-8-6-4-2/h13-14H,3-12,15-24H2,1-2H3. The zero-order valence-electron chi connectivity index (χ0n) is 18.2. The van der Waals surface area contributed by atoms with Crippen molar-refractivity contribution in [2.75, 3.05) is 0 Å². The Hall–Kier alpha value is -0.590. The van der Waals surface area contributed by atoms with Gasteiger partial charge in [-0.25, -0.2) is 0 Å². The van der Waals surface area contributed by atoms with Gasteiger partial charge in [0.2, 0.25) is 0 Å². The fraction of sp³-hybridized carbons (Fsp3) is 0.880. The summed E-state index contributed by atoms with van der Waals surface area (Å²) in [6, 6.07) is 0. The second-order valence-electron chi connectivity index (χ2n) is 8.04. The van der Waals surface area contributed by atoms with Crippen molar-refractivity contribution < 1.29 is 4.79 Å². The molecule has 1 nitrogen and oxygen atoms in total. The fourth-order valence-electron chi connectivity index (χ4n) is 3.44. The molecule has 0 heterocycles. The molecule has 0 spiro atoms. The van der Waals surface area contributed by atoms with Crippen LogP contribution in [0.25, 0.3) is 0 Å². The van der Waals surface area contributed by atoms with E-state index in [9.17, 15) is 4.79 Å². The molecule has 0 aliphatic heterocycles. The van der Waals surface area contributed by atoms with Crippen LogP contribution in [0.5, 0.6) is 0 Å². The lowest BCUT2D eigenvalue weighted by atomic mass is 10.0. The number of ketones is 1. The van der Waals surface area contributed by atoms with Gasteiger partial charge in [-0.2, -0.15) is 0 Å². The summed E-state index contributed by atoms with van der Waals surface area (Å²) in [6.07, 6.45) is 29.9. The second-order valence-corrected chi connectivity index (χ2v) is 8.04. The molecule has 0 unspecified atom stereocenters. The third-order valence-corrected chi connectivity index (χ3v) is 5.28. The largest absolute Gasteiger partial charge is 0.300 e. The van der Waals surface area contributed by atoms with Crippen molar-refractivity contribution >= 4 is 5.78 Å². The lowest BCUT2D eigenvalue weighted by Gasteiger charge is -2.02. The lowest BCUT2D eigenvalue weighted by molar-refractivity contribution is -0.119. The van der Waals surface area contributed by atoms with Gasteiger partial charge in [-0.1, -0.05) is 103 Å². The van der Waals surface area contributed by atoms with E-state index in [-0.39, 0.29) is 0 Å². The first-order valence-electron chi connectivity index (χ1n) is 12.0. The van der Waals surface area contributed by atoms with Crippen molar-refractivity contribution in [3.63, 3.8) is 0 Å². The van der Waals surface area contributed by atoms with Gasteiger partial charge in [0.25, 0.3) is 0 Å². The molecule has 0 bridgehead atoms. The number of unbranched alkanes of at least 4 members (excludes halogenated alkanes) is 15. The smallest absolute Gasteiger partial charge is 0.132 e. The van der Waals surface area contributed by atoms with Crippen molar-refractivity contribution in [1.82, 2.24) is 0 Å². The van der Waals surface area contributed by atoms with E-state index in [2.05, 4.69) is 26.0 Å². The van der Waals surface area contributed by atoms with Gasteiger partial charge in [0.1, 0.15) is 5.78 Å². The van der Waals surface area contributed by atoms with Crippen molar-refractivity contribution in [3.05, 3.63) is 12.2 Å². The monoisotopic (exact) mass is 364 g/mol. The Morgan fingerprint density at radius 1 is 0.500 bits per heavy atom. The maximum Gasteiger partial charge on any atom is 0.132 e. The highest BCUT2D eigenvalue weighted by Gasteiger charge is 2.01. The highest BCUT2D eigenvalue weighted by Crippen LogP contribution is 2.12. The van der Waals surface area contributed by atoms with Crippen LogP contribution in [-0.2, 0) is 4.79 Å². The summed E-state index contributed by atoms with van der Waals surface area (Å²) in [6.45, 7) is 4.51. The predicted octanol–water partition coefficient (Wildman–Crippen LogP) is 8.95. The quantitative estimate of drug-likeness (QED) is 0.147. The summed E-state index contributed by atoms with van der Waals surface area (Å²) >= 11 is 0. The first kappa shape index (κ1) is 25.4. The molecule has 0 radical (unpaired) electrons. The summed E-state index contributed by atoms with van der Waals surface area (Å²) in [5, 5.41) is 0. The van der Waals surface area contributed by atoms with Crippen LogP contribution < -0.4 is 0 Å². The maximum absolute atomic E-state index is 11.8. The second kappa shape index (κ2) is 22.5. The Morgan fingerprint density at radius 3 is 1.27 bits per heavy atom. The van der Waals surface area contributed by atoms with Crippen LogP contribution in [0.15, 0.2) is 12.2 Å². The van der Waals surface area contributed by atoms with E-state index in [1.165, 1.54) is 103 Å². The summed E-state index contributed by atoms with van der Waals surface area (Å²) < 4.78 is 0. The lowest BCUT2D eigenvalue weighted by Crippen LogP contribution is -1.97. The first-order chi connectivity index (χ1) is 12.8. The molecule has 0 aromatic heterocycles. The fourth-order valence-corrected chi connectivity index (χ4v) is 3.44. The average Bonchev–Trinajstić information content (AvgIpc) is 2.64. The number of carbonyl (C=O) groups excluding carboxylic acids is 1. The topological polar surface area (TPSA) is 17.1 Å². The van der Waals surface area contributed by atoms with E-state index in [4.69, 9.17) is 0 Å². The number of allylic oxidation sites excluding steroid dienone is 2. The Bertz CT molecular complexity index is 305. The predicted molar refractivity (Wildman–Crippen MR) is 118 cm³/mol. The highest BCUT2D eigenvalue weighted by atomic mass is 16.1. The average molecular weight is 365 g/mol. The summed E-state index contributed by atoms with van der Waals surface area (Å²) in [5.74, 6) is 0.499. The van der Waals surface area contributed by atoms with Crippen LogP contribution in [0, 0.1) is 0 Å². The minimum absolute atomic E-state index is 0.499. The number of hydrogen-bond donors (Lipinski definition) is 0. The van der Waals surface area contributed by atoms with Gasteiger partial charge in [-0.05, 0) is 38.5 Å². The van der Waals surface area contributed by atoms with E-state index in [1.54, 1.807) is 0 Å². The first-order valence-corrected chi connectivity index (χ1v) is 12.0. The molecule has 0 aliphatic rings. The van der Waals surface area contributed by atoms with Crippen LogP contribution in [0.2, 0.25) is 0 Å². The molecule has 0 saturated carbocycles. The molecule has 0 saturated heterocycles. The van der Waals surface area contributed by atoms with E-state index in [0.29, 0.717) is 5.78 Å². The molecule has 1 heteroatoms. The molecule has 0 aromatic rings. The maximum atomic E-state index is 11.8. The van der Waals surface area contributed by atoms with Gasteiger partial charge >= 0.3 is 0 Å². The van der Waals surface area contributed by atoms with Crippen molar-refractivity contribution in [1.29, 1.82) is 0 Å². The molecule has 26 heavy (non-hydrogen) atoms. The van der Waals surface area contributed by atoms with E-state index < -0.39 is 0 Å². The molecule has 0 aliphatic carbocycles. The van der Waals surface area contributed by atoms with Gasteiger partial charge in [0, 0.05) is 12.8 Å². The van der Waals surface area contributed by atoms with Gasteiger partial charge in [-0.15, -0.1) is 0 Å². The summed E-state index contributed by atoms with van der Waals surface area (Å²) in [7, 11) is 0. The van der Waals surface area contributed by atoms with Gasteiger partial charge < -0.3 is 0 Å². The van der Waals surface area contributed by atoms with E-state index in [0.717, 1.165) is 25.7 Å². The Balaban J connectivity index is 3.18. The number of rotatable bonds is 21. The van der Waals surface area contributed by atoms with Crippen LogP contribution in [-0.4, -0.2) is 5.78 Å². The minimum atomic E-state index is 0.499. The van der Waals surface area contributed by atoms with Crippen LogP contribution >= 0.6 is 0 Å². The Kier molecular flexibility index (Phi) is 21.9. The number of Topliss-reactive ketones (excluding diaryl/α,β-unsaturated/α-hetero) is 1. The Morgan fingerprint density at radius 2 is 0.846 bits per heavy atom. The summed E-state index contributed by atoms with van der Waals surface area (Å²) in [4.78, 5) is 11.8. The molecule has 0 fully saturated rings.